The second kappa shape index (κ2) is 17.8. The van der Waals surface area contributed by atoms with Crippen molar-refractivity contribution < 1.29 is 35.1 Å². The molecule has 1 aliphatic heterocycles. The van der Waals surface area contributed by atoms with Gasteiger partial charge in [-0.1, -0.05) is 90.6 Å². The summed E-state index contributed by atoms with van der Waals surface area (Å²) in [7, 11) is 3.56. The highest BCUT2D eigenvalue weighted by Gasteiger charge is 2.77. The van der Waals surface area contributed by atoms with Crippen LogP contribution in [-0.4, -0.2) is 95.3 Å². The highest BCUT2D eigenvalue weighted by molar-refractivity contribution is 5.75. The topological polar surface area (TPSA) is 152 Å². The predicted molar refractivity (Wildman–Crippen MR) is 230 cm³/mol. The van der Waals surface area contributed by atoms with Crippen LogP contribution < -0.4 is 10.6 Å². The van der Waals surface area contributed by atoms with Gasteiger partial charge >= 0.3 is 0 Å². The number of methoxy groups -OCH3 is 1. The molecule has 1 aromatic carbocycles. The number of benzene rings is 1. The van der Waals surface area contributed by atoms with E-state index in [-0.39, 0.29) is 30.6 Å². The van der Waals surface area contributed by atoms with Crippen LogP contribution in [0.1, 0.15) is 76.8 Å². The molecule has 2 fully saturated rings. The molecular formula is C49H68N2O7. The number of rotatable bonds is 14. The van der Waals surface area contributed by atoms with Gasteiger partial charge in [-0.25, -0.2) is 0 Å². The highest BCUT2D eigenvalue weighted by atomic mass is 16.5. The van der Waals surface area contributed by atoms with Gasteiger partial charge in [0, 0.05) is 54.4 Å². The number of ether oxygens (including phenoxy) is 1. The minimum atomic E-state index is -1.54. The molecule has 10 atom stereocenters. The molecule has 0 saturated heterocycles. The Balaban J connectivity index is 1.34. The van der Waals surface area contributed by atoms with Crippen LogP contribution in [0.5, 0.6) is 0 Å². The van der Waals surface area contributed by atoms with E-state index in [1.54, 1.807) is 7.11 Å². The molecule has 9 heteroatoms. The molecule has 4 bridgehead atoms. The monoisotopic (exact) mass is 797 g/mol. The van der Waals surface area contributed by atoms with Crippen molar-refractivity contribution in [3.8, 4) is 0 Å². The van der Waals surface area contributed by atoms with Crippen LogP contribution in [0.15, 0.2) is 107 Å². The van der Waals surface area contributed by atoms with Gasteiger partial charge in [0.15, 0.2) is 0 Å². The summed E-state index contributed by atoms with van der Waals surface area (Å²) in [6.45, 7) is 11.2. The molecule has 1 aromatic rings. The van der Waals surface area contributed by atoms with Gasteiger partial charge in [-0.2, -0.15) is 0 Å². The molecule has 4 aliphatic carbocycles. The fraction of sp³-hybridized carbons (Fsp3) is 0.571. The van der Waals surface area contributed by atoms with E-state index in [9.17, 15) is 30.3 Å². The third kappa shape index (κ3) is 7.90. The Labute approximate surface area is 346 Å². The number of carbonyl (C=O) groups excluding carboxylic acids is 1. The van der Waals surface area contributed by atoms with Crippen LogP contribution in [-0.2, 0) is 22.4 Å². The second-order valence-electron chi connectivity index (χ2n) is 18.3. The Morgan fingerprint density at radius 2 is 1.90 bits per heavy atom. The van der Waals surface area contributed by atoms with Gasteiger partial charge in [-0.05, 0) is 126 Å². The molecule has 9 nitrogen and oxygen atoms in total. The molecule has 2 saturated carbocycles. The molecule has 58 heavy (non-hydrogen) atoms. The molecule has 5 aliphatic rings. The standard InChI is InChI=1S/C49H68N2O7/c1-33(38-14-13-34(2)44(55)51-45(4,23-26-58-6)29-37-11-8-10-36(27-37)28-38)9-7-12-40(32-54)41-16-18-48-43-42(35(3)31-53)39(30-47(48,56)21-24-50-5)15-17-46(43,22-25-52)19-20-49(41,48)57/h7-13,15,17,19-20,27,31,38-39,41,43-44,50-52,54-57H,1,14,16,18,21-26,28-30,32H2,2-6H3. The van der Waals surface area contributed by atoms with Gasteiger partial charge < -0.3 is 35.6 Å². The van der Waals surface area contributed by atoms with Crippen molar-refractivity contribution in [2.75, 3.05) is 40.5 Å². The average Bonchev–Trinajstić information content (AvgIpc) is 3.52. The Morgan fingerprint density at radius 3 is 2.60 bits per heavy atom. The van der Waals surface area contributed by atoms with Crippen molar-refractivity contribution in [2.45, 2.75) is 102 Å². The third-order valence-electron chi connectivity index (χ3n) is 14.8. The first kappa shape index (κ1) is 44.3. The number of allylic oxidation sites excluding steroid dienone is 10. The third-order valence-corrected chi connectivity index (χ3v) is 14.8. The van der Waals surface area contributed by atoms with Gasteiger partial charge in [0.2, 0.25) is 0 Å². The normalized spacial score (nSPS) is 38.1. The number of hydrogen-bond acceptors (Lipinski definition) is 9. The molecule has 6 rings (SSSR count). The minimum absolute atomic E-state index is 0.0433. The van der Waals surface area contributed by atoms with Crippen LogP contribution in [0.2, 0.25) is 0 Å². The Bertz CT molecular complexity index is 1880. The summed E-state index contributed by atoms with van der Waals surface area (Å²) in [5.41, 5.74) is 1.41. The van der Waals surface area contributed by atoms with Crippen molar-refractivity contribution >= 4 is 6.29 Å². The predicted octanol–water partition coefficient (Wildman–Crippen LogP) is 5.60. The number of aliphatic hydroxyl groups excluding tert-OH is 3. The Hall–Kier alpha value is -3.25. The van der Waals surface area contributed by atoms with Gasteiger partial charge in [-0.3, -0.25) is 10.1 Å². The molecule has 0 amide bonds. The van der Waals surface area contributed by atoms with Gasteiger partial charge in [0.05, 0.1) is 17.8 Å². The average molecular weight is 797 g/mol. The first-order valence-corrected chi connectivity index (χ1v) is 21.3. The number of carbonyl (C=O) groups is 1. The van der Waals surface area contributed by atoms with E-state index in [1.165, 1.54) is 11.1 Å². The lowest BCUT2D eigenvalue weighted by molar-refractivity contribution is -0.233. The Kier molecular flexibility index (Phi) is 13.6. The van der Waals surface area contributed by atoms with E-state index < -0.39 is 40.1 Å². The summed E-state index contributed by atoms with van der Waals surface area (Å²) in [5, 5.41) is 65.7. The smallest absolute Gasteiger partial charge is 0.145 e. The summed E-state index contributed by atoms with van der Waals surface area (Å²) < 4.78 is 5.41. The van der Waals surface area contributed by atoms with Crippen LogP contribution in [0.25, 0.3) is 0 Å². The van der Waals surface area contributed by atoms with E-state index in [0.29, 0.717) is 62.8 Å². The van der Waals surface area contributed by atoms with Crippen molar-refractivity contribution in [1.29, 1.82) is 0 Å². The lowest BCUT2D eigenvalue weighted by Gasteiger charge is -2.68. The summed E-state index contributed by atoms with van der Waals surface area (Å²) >= 11 is 0. The van der Waals surface area contributed by atoms with Crippen LogP contribution in [0, 0.1) is 34.5 Å². The van der Waals surface area contributed by atoms with E-state index in [2.05, 4.69) is 66.6 Å². The van der Waals surface area contributed by atoms with Gasteiger partial charge in [-0.15, -0.1) is 0 Å². The lowest BCUT2D eigenvalue weighted by atomic mass is 9.37. The molecule has 10 unspecified atom stereocenters. The summed E-state index contributed by atoms with van der Waals surface area (Å²) in [6, 6.07) is 8.63. The van der Waals surface area contributed by atoms with E-state index in [1.807, 2.05) is 51.3 Å². The number of hydrogen-bond donors (Lipinski definition) is 7. The summed E-state index contributed by atoms with van der Waals surface area (Å²) in [4.78, 5) is 12.5. The fourth-order valence-electron chi connectivity index (χ4n) is 11.8. The van der Waals surface area contributed by atoms with Gasteiger partial charge in [0.1, 0.15) is 12.5 Å². The quantitative estimate of drug-likeness (QED) is 0.0553. The molecule has 316 valence electrons. The number of aldehydes is 1. The van der Waals surface area contributed by atoms with Crippen molar-refractivity contribution in [2.24, 2.45) is 34.5 Å². The minimum Gasteiger partial charge on any atom is -0.396 e. The number of fused-ring (bicyclic) bond motifs is 3. The summed E-state index contributed by atoms with van der Waals surface area (Å²) in [6.07, 6.45) is 21.2. The van der Waals surface area contributed by atoms with Crippen LogP contribution >= 0.6 is 0 Å². The zero-order valence-corrected chi connectivity index (χ0v) is 35.3. The zero-order chi connectivity index (χ0) is 41.9. The highest BCUT2D eigenvalue weighted by Crippen LogP contribution is 2.75. The molecule has 1 spiro atoms. The van der Waals surface area contributed by atoms with Crippen LogP contribution in [0.3, 0.4) is 0 Å². The molecular weight excluding hydrogens is 729 g/mol. The lowest BCUT2D eigenvalue weighted by Crippen LogP contribution is -2.72. The van der Waals surface area contributed by atoms with E-state index in [0.717, 1.165) is 42.3 Å². The fourth-order valence-corrected chi connectivity index (χ4v) is 11.8. The van der Waals surface area contributed by atoms with Crippen LogP contribution in [0.4, 0.5) is 0 Å². The van der Waals surface area contributed by atoms with Crippen molar-refractivity contribution in [1.82, 2.24) is 10.6 Å². The maximum absolute atomic E-state index is 13.3. The van der Waals surface area contributed by atoms with Crippen molar-refractivity contribution in [3.05, 3.63) is 118 Å². The van der Waals surface area contributed by atoms with Crippen molar-refractivity contribution in [3.63, 3.8) is 0 Å². The summed E-state index contributed by atoms with van der Waals surface area (Å²) in [5.74, 6) is -1.04. The first-order valence-electron chi connectivity index (χ1n) is 21.3. The molecule has 7 N–H and O–H groups in total. The SMILES string of the molecule is C=C(C=CC=C(CO)C1CCC23C4C(=C(C)C=O)C(C=CC4(CCO)C=CC12O)CC3(O)CCNC)C1CC=C(C)C(O)NC(C)(CCOC)Cc2cccc(c2)C1. The zero-order valence-electron chi connectivity index (χ0n) is 35.3. The Morgan fingerprint density at radius 1 is 1.12 bits per heavy atom. The second-order valence-corrected chi connectivity index (χ2v) is 18.3. The number of aliphatic hydroxyl groups is 5. The molecule has 0 radical (unpaired) electrons. The maximum atomic E-state index is 13.3. The maximum Gasteiger partial charge on any atom is 0.145 e. The van der Waals surface area contributed by atoms with Gasteiger partial charge in [0.25, 0.3) is 0 Å². The molecule has 1 heterocycles. The van der Waals surface area contributed by atoms with E-state index in [4.69, 9.17) is 4.74 Å². The number of nitrogens with one attached hydrogen (secondary N) is 2. The first-order chi connectivity index (χ1) is 27.7. The van der Waals surface area contributed by atoms with E-state index >= 15 is 0 Å². The molecule has 0 aromatic heterocycles. The largest absolute Gasteiger partial charge is 0.396 e.